The molecule has 3 aromatic rings. The predicted octanol–water partition coefficient (Wildman–Crippen LogP) is 3.66. The highest BCUT2D eigenvalue weighted by Gasteiger charge is 2.35. The first-order chi connectivity index (χ1) is 16.0. The quantitative estimate of drug-likeness (QED) is 0.487. The van der Waals surface area contributed by atoms with Gasteiger partial charge in [-0.3, -0.25) is 0 Å². The normalized spacial score (nSPS) is 22.0. The maximum atomic E-state index is 13.3. The van der Waals surface area contributed by atoms with Crippen molar-refractivity contribution in [2.75, 3.05) is 26.2 Å². The number of nitrogens with zero attached hydrogens (tertiary/aromatic N) is 2. The number of phenolic OH excluding ortho intramolecular Hbond substituents is 2. The molecule has 33 heavy (non-hydrogen) atoms. The number of nitrogens with two attached hydrogens (primary N) is 1. The topological polar surface area (TPSA) is 105 Å². The Kier molecular flexibility index (Phi) is 6.23. The van der Waals surface area contributed by atoms with Gasteiger partial charge in [0.25, 0.3) is 0 Å². The number of ether oxygens (including phenoxy) is 1. The van der Waals surface area contributed by atoms with E-state index in [0.717, 1.165) is 67.5 Å². The molecule has 0 aliphatic carbocycles. The second kappa shape index (κ2) is 9.29. The number of benzene rings is 2. The van der Waals surface area contributed by atoms with Crippen molar-refractivity contribution in [2.45, 2.75) is 44.3 Å². The average molecular weight is 456 g/mol. The molecule has 8 heteroatoms. The third kappa shape index (κ3) is 4.43. The van der Waals surface area contributed by atoms with Crippen LogP contribution in [0.3, 0.4) is 0 Å². The van der Waals surface area contributed by atoms with Crippen LogP contribution in [0.1, 0.15) is 42.2 Å². The molecular formula is C25H30FN3O4. The van der Waals surface area contributed by atoms with Crippen molar-refractivity contribution in [1.29, 1.82) is 0 Å². The monoisotopic (exact) mass is 455 g/mol. The fourth-order valence-electron chi connectivity index (χ4n) is 5.31. The first-order valence-corrected chi connectivity index (χ1v) is 11.7. The molecule has 0 radical (unpaired) electrons. The summed E-state index contributed by atoms with van der Waals surface area (Å²) in [6.07, 6.45) is 4.11. The lowest BCUT2D eigenvalue weighted by atomic mass is 9.83. The first kappa shape index (κ1) is 22.1. The van der Waals surface area contributed by atoms with Gasteiger partial charge < -0.3 is 30.1 Å². The number of hydrogen-bond donors (Lipinski definition) is 3. The second-order valence-electron chi connectivity index (χ2n) is 9.16. The summed E-state index contributed by atoms with van der Waals surface area (Å²) in [6, 6.07) is 7.85. The zero-order chi connectivity index (χ0) is 22.9. The van der Waals surface area contributed by atoms with Crippen LogP contribution in [-0.2, 0) is 17.6 Å². The molecule has 1 fully saturated rings. The maximum Gasteiger partial charge on any atom is 0.170 e. The van der Waals surface area contributed by atoms with Gasteiger partial charge in [-0.15, -0.1) is 0 Å². The van der Waals surface area contributed by atoms with E-state index in [1.165, 1.54) is 18.2 Å². The summed E-state index contributed by atoms with van der Waals surface area (Å²) in [5.41, 5.74) is 8.97. The molecule has 1 saturated heterocycles. The largest absolute Gasteiger partial charge is 0.504 e. The molecule has 7 nitrogen and oxygen atoms in total. The van der Waals surface area contributed by atoms with Crippen LogP contribution in [0.15, 0.2) is 34.9 Å². The molecule has 0 spiro atoms. The van der Waals surface area contributed by atoms with Crippen molar-refractivity contribution >= 4 is 11.0 Å². The van der Waals surface area contributed by atoms with Gasteiger partial charge in [-0.1, -0.05) is 11.2 Å². The van der Waals surface area contributed by atoms with Crippen molar-refractivity contribution in [3.8, 4) is 11.5 Å². The van der Waals surface area contributed by atoms with Crippen LogP contribution in [0.2, 0.25) is 0 Å². The van der Waals surface area contributed by atoms with Gasteiger partial charge in [0, 0.05) is 30.0 Å². The lowest BCUT2D eigenvalue weighted by Crippen LogP contribution is -2.42. The van der Waals surface area contributed by atoms with Gasteiger partial charge in [0.05, 0.1) is 17.9 Å². The lowest BCUT2D eigenvalue weighted by molar-refractivity contribution is -0.0647. The average Bonchev–Trinajstić information content (AvgIpc) is 3.23. The highest BCUT2D eigenvalue weighted by atomic mass is 19.1. The van der Waals surface area contributed by atoms with Crippen molar-refractivity contribution < 1.29 is 23.9 Å². The Morgan fingerprint density at radius 1 is 1.15 bits per heavy atom. The lowest BCUT2D eigenvalue weighted by Gasteiger charge is -2.40. The summed E-state index contributed by atoms with van der Waals surface area (Å²) < 4.78 is 24.9. The molecule has 2 aromatic carbocycles. The second-order valence-corrected chi connectivity index (χ2v) is 9.16. The van der Waals surface area contributed by atoms with E-state index < -0.39 is 0 Å². The number of aromatic hydroxyl groups is 2. The molecule has 1 aromatic heterocycles. The molecule has 176 valence electrons. The smallest absolute Gasteiger partial charge is 0.170 e. The van der Waals surface area contributed by atoms with Gasteiger partial charge in [-0.25, -0.2) is 4.39 Å². The number of rotatable bonds is 6. The van der Waals surface area contributed by atoms with Gasteiger partial charge in [-0.05, 0) is 75.0 Å². The van der Waals surface area contributed by atoms with Gasteiger partial charge in [0.1, 0.15) is 5.82 Å². The van der Waals surface area contributed by atoms with Crippen molar-refractivity contribution in [2.24, 2.45) is 11.7 Å². The first-order valence-electron chi connectivity index (χ1n) is 11.7. The van der Waals surface area contributed by atoms with Crippen LogP contribution in [0.5, 0.6) is 11.5 Å². The van der Waals surface area contributed by atoms with Crippen LogP contribution in [0, 0.1) is 11.7 Å². The molecule has 2 aliphatic rings. The fraction of sp³-hybridized carbons (Fsp3) is 0.480. The fourth-order valence-corrected chi connectivity index (χ4v) is 5.31. The van der Waals surface area contributed by atoms with Gasteiger partial charge in [0.2, 0.25) is 0 Å². The Bertz CT molecular complexity index is 1130. The van der Waals surface area contributed by atoms with Crippen molar-refractivity contribution in [1.82, 2.24) is 10.1 Å². The summed E-state index contributed by atoms with van der Waals surface area (Å²) in [4.78, 5) is 2.46. The number of aryl methyl sites for hydroxylation is 1. The van der Waals surface area contributed by atoms with Crippen molar-refractivity contribution in [3.05, 3.63) is 53.0 Å². The van der Waals surface area contributed by atoms with Crippen LogP contribution in [0.4, 0.5) is 4.39 Å². The minimum absolute atomic E-state index is 0.0113. The molecule has 3 heterocycles. The molecule has 0 saturated carbocycles. The van der Waals surface area contributed by atoms with E-state index >= 15 is 0 Å². The Morgan fingerprint density at radius 2 is 1.97 bits per heavy atom. The van der Waals surface area contributed by atoms with Crippen LogP contribution < -0.4 is 5.73 Å². The maximum absolute atomic E-state index is 13.3. The van der Waals surface area contributed by atoms with Crippen LogP contribution >= 0.6 is 0 Å². The number of aromatic nitrogens is 1. The Hall–Kier alpha value is -2.68. The van der Waals surface area contributed by atoms with Crippen molar-refractivity contribution in [3.63, 3.8) is 0 Å². The molecule has 2 unspecified atom stereocenters. The standard InChI is InChI=1S/C25H30FN3O4/c26-16-3-4-18-20(28-33-23(18)12-16)2-1-9-29-10-7-15(8-11-29)22-13-19-17(24(14-27)32-22)5-6-21(30)25(19)31/h3-6,12,15,22,24,30-31H,1-2,7-11,13-14,27H2. The minimum atomic E-state index is -0.316. The van der Waals surface area contributed by atoms with Gasteiger partial charge in [-0.2, -0.15) is 0 Å². The zero-order valence-corrected chi connectivity index (χ0v) is 18.5. The molecule has 2 aliphatic heterocycles. The van der Waals surface area contributed by atoms with E-state index in [1.807, 2.05) is 0 Å². The molecule has 0 bridgehead atoms. The number of hydrogen-bond acceptors (Lipinski definition) is 7. The Morgan fingerprint density at radius 3 is 2.76 bits per heavy atom. The number of halogens is 1. The van der Waals surface area contributed by atoms with E-state index in [2.05, 4.69) is 10.1 Å². The van der Waals surface area contributed by atoms with Gasteiger partial charge >= 0.3 is 0 Å². The summed E-state index contributed by atoms with van der Waals surface area (Å²) in [5.74, 6) is -0.0623. The summed E-state index contributed by atoms with van der Waals surface area (Å²) >= 11 is 0. The molecule has 4 N–H and O–H groups in total. The number of fused-ring (bicyclic) bond motifs is 2. The zero-order valence-electron chi connectivity index (χ0n) is 18.5. The van der Waals surface area contributed by atoms with E-state index in [9.17, 15) is 14.6 Å². The predicted molar refractivity (Wildman–Crippen MR) is 122 cm³/mol. The third-order valence-corrected chi connectivity index (χ3v) is 7.16. The SMILES string of the molecule is NCC1OC(C2CCN(CCCc3noc4cc(F)ccc34)CC2)Cc2c1ccc(O)c2O. The molecule has 5 rings (SSSR count). The van der Waals surface area contributed by atoms with Crippen LogP contribution in [0.25, 0.3) is 11.0 Å². The molecule has 0 amide bonds. The van der Waals surface area contributed by atoms with E-state index in [1.54, 1.807) is 12.1 Å². The van der Waals surface area contributed by atoms with E-state index in [0.29, 0.717) is 24.5 Å². The van der Waals surface area contributed by atoms with Crippen LogP contribution in [-0.4, -0.2) is 52.6 Å². The van der Waals surface area contributed by atoms with Gasteiger partial charge in [0.15, 0.2) is 17.1 Å². The Balaban J connectivity index is 1.14. The highest BCUT2D eigenvalue weighted by molar-refractivity contribution is 5.79. The summed E-state index contributed by atoms with van der Waals surface area (Å²) in [6.45, 7) is 3.29. The summed E-state index contributed by atoms with van der Waals surface area (Å²) in [7, 11) is 0. The Labute approximate surface area is 191 Å². The van der Waals surface area contributed by atoms with E-state index in [4.69, 9.17) is 15.0 Å². The number of phenols is 2. The molecular weight excluding hydrogens is 425 g/mol. The van der Waals surface area contributed by atoms with E-state index in [-0.39, 0.29) is 29.5 Å². The number of piperidine rings is 1. The minimum Gasteiger partial charge on any atom is -0.504 e. The molecule has 2 atom stereocenters. The summed E-state index contributed by atoms with van der Waals surface area (Å²) in [5, 5.41) is 25.3. The number of likely N-dealkylation sites (tertiary alicyclic amines) is 1. The highest BCUT2D eigenvalue weighted by Crippen LogP contribution is 2.42. The third-order valence-electron chi connectivity index (χ3n) is 7.16.